The van der Waals surface area contributed by atoms with Gasteiger partial charge in [0.1, 0.15) is 11.3 Å². The average Bonchev–Trinajstić information content (AvgIpc) is 2.88. The highest BCUT2D eigenvalue weighted by molar-refractivity contribution is 5.88. The molecule has 0 aromatic carbocycles. The van der Waals surface area contributed by atoms with Crippen LogP contribution in [0.5, 0.6) is 0 Å². The lowest BCUT2D eigenvalue weighted by Crippen LogP contribution is -2.38. The zero-order valence-electron chi connectivity index (χ0n) is 11.0. The Kier molecular flexibility index (Phi) is 4.61. The van der Waals surface area contributed by atoms with Crippen LogP contribution in [-0.2, 0) is 6.54 Å². The number of aliphatic hydroxyl groups is 1. The first-order valence-corrected chi connectivity index (χ1v) is 6.78. The Morgan fingerprint density at radius 2 is 2.11 bits per heavy atom. The van der Waals surface area contributed by atoms with E-state index in [9.17, 15) is 9.90 Å². The molecule has 0 amide bonds. The molecule has 5 nitrogen and oxygen atoms in total. The summed E-state index contributed by atoms with van der Waals surface area (Å²) in [6.45, 7) is 1.27. The molecule has 1 aliphatic rings. The van der Waals surface area contributed by atoms with Gasteiger partial charge in [-0.15, -0.1) is 0 Å². The van der Waals surface area contributed by atoms with Gasteiger partial charge >= 0.3 is 5.97 Å². The molecule has 19 heavy (non-hydrogen) atoms. The monoisotopic (exact) mass is 267 g/mol. The van der Waals surface area contributed by atoms with E-state index in [-0.39, 0.29) is 17.6 Å². The summed E-state index contributed by atoms with van der Waals surface area (Å²) in [6.07, 6.45) is 7.00. The molecular formula is C14H21NO4. The van der Waals surface area contributed by atoms with Crippen molar-refractivity contribution in [2.45, 2.75) is 38.6 Å². The molecule has 2 rings (SSSR count). The Labute approximate surface area is 112 Å². The number of hydrogen-bond acceptors (Lipinski definition) is 4. The molecule has 0 spiro atoms. The molecule has 0 unspecified atom stereocenters. The van der Waals surface area contributed by atoms with Crippen molar-refractivity contribution in [3.8, 4) is 0 Å². The summed E-state index contributed by atoms with van der Waals surface area (Å²) < 4.78 is 5.18. The molecule has 1 aromatic heterocycles. The van der Waals surface area contributed by atoms with Crippen molar-refractivity contribution >= 4 is 5.97 Å². The number of carboxylic acid groups (broad SMARTS) is 1. The third kappa shape index (κ3) is 3.36. The summed E-state index contributed by atoms with van der Waals surface area (Å²) in [5.41, 5.74) is 0.156. The maximum Gasteiger partial charge on any atom is 0.339 e. The largest absolute Gasteiger partial charge is 0.478 e. The molecular weight excluding hydrogens is 246 g/mol. The molecule has 0 saturated heterocycles. The van der Waals surface area contributed by atoms with Crippen LogP contribution in [-0.4, -0.2) is 29.3 Å². The van der Waals surface area contributed by atoms with E-state index < -0.39 is 5.97 Å². The Morgan fingerprint density at radius 1 is 1.37 bits per heavy atom. The minimum absolute atomic E-state index is 0.0474. The number of nitrogens with one attached hydrogen (secondary N) is 1. The minimum Gasteiger partial charge on any atom is -0.478 e. The molecule has 0 atom stereocenters. The highest BCUT2D eigenvalue weighted by Crippen LogP contribution is 2.35. The van der Waals surface area contributed by atoms with Crippen molar-refractivity contribution in [2.24, 2.45) is 5.41 Å². The molecule has 1 aromatic rings. The van der Waals surface area contributed by atoms with Crippen molar-refractivity contribution in [1.29, 1.82) is 0 Å². The summed E-state index contributed by atoms with van der Waals surface area (Å²) in [7, 11) is 0. The van der Waals surface area contributed by atoms with E-state index in [1.807, 2.05) is 0 Å². The number of carbonyl (C=O) groups is 1. The molecule has 1 saturated carbocycles. The van der Waals surface area contributed by atoms with Crippen LogP contribution in [0.3, 0.4) is 0 Å². The van der Waals surface area contributed by atoms with Crippen LogP contribution < -0.4 is 5.32 Å². The Hall–Kier alpha value is -1.33. The van der Waals surface area contributed by atoms with Gasteiger partial charge < -0.3 is 19.9 Å². The number of furan rings is 1. The van der Waals surface area contributed by atoms with Gasteiger partial charge in [0.2, 0.25) is 0 Å². The van der Waals surface area contributed by atoms with E-state index in [0.29, 0.717) is 18.8 Å². The predicted molar refractivity (Wildman–Crippen MR) is 70.0 cm³/mol. The molecule has 106 valence electrons. The van der Waals surface area contributed by atoms with Crippen molar-refractivity contribution in [3.05, 3.63) is 23.7 Å². The highest BCUT2D eigenvalue weighted by Gasteiger charge is 2.31. The second-order valence-electron chi connectivity index (χ2n) is 5.38. The number of rotatable bonds is 6. The second kappa shape index (κ2) is 6.21. The first-order valence-electron chi connectivity index (χ1n) is 6.78. The smallest absolute Gasteiger partial charge is 0.339 e. The number of carboxylic acids is 1. The lowest BCUT2D eigenvalue weighted by atomic mass is 9.74. The summed E-state index contributed by atoms with van der Waals surface area (Å²) in [5.74, 6) is -0.531. The Balaban J connectivity index is 1.88. The van der Waals surface area contributed by atoms with Gasteiger partial charge in [0.05, 0.1) is 12.8 Å². The van der Waals surface area contributed by atoms with Crippen LogP contribution in [0.2, 0.25) is 0 Å². The fraction of sp³-hybridized carbons (Fsp3) is 0.643. The van der Waals surface area contributed by atoms with Gasteiger partial charge in [0.15, 0.2) is 0 Å². The first-order chi connectivity index (χ1) is 9.17. The maximum absolute atomic E-state index is 10.9. The summed E-state index contributed by atoms with van der Waals surface area (Å²) in [5, 5.41) is 21.8. The van der Waals surface area contributed by atoms with Crippen molar-refractivity contribution in [3.63, 3.8) is 0 Å². The molecule has 1 heterocycles. The quantitative estimate of drug-likeness (QED) is 0.734. The van der Waals surface area contributed by atoms with E-state index in [0.717, 1.165) is 25.7 Å². The SMILES string of the molecule is O=C(O)c1ccoc1CNCC1(CO)CCCCC1. The molecule has 3 N–H and O–H groups in total. The number of aromatic carboxylic acids is 1. The fourth-order valence-corrected chi connectivity index (χ4v) is 2.80. The van der Waals surface area contributed by atoms with E-state index in [2.05, 4.69) is 5.32 Å². The lowest BCUT2D eigenvalue weighted by Gasteiger charge is -2.35. The second-order valence-corrected chi connectivity index (χ2v) is 5.38. The Morgan fingerprint density at radius 3 is 2.74 bits per heavy atom. The highest BCUT2D eigenvalue weighted by atomic mass is 16.4. The molecule has 5 heteroatoms. The molecule has 0 bridgehead atoms. The van der Waals surface area contributed by atoms with Crippen LogP contribution in [0, 0.1) is 5.41 Å². The third-order valence-electron chi connectivity index (χ3n) is 4.01. The van der Waals surface area contributed by atoms with E-state index in [1.54, 1.807) is 0 Å². The van der Waals surface area contributed by atoms with Crippen LogP contribution in [0.15, 0.2) is 16.7 Å². The van der Waals surface area contributed by atoms with Gasteiger partial charge in [-0.1, -0.05) is 19.3 Å². The normalized spacial score (nSPS) is 18.4. The summed E-state index contributed by atoms with van der Waals surface area (Å²) in [6, 6.07) is 1.46. The van der Waals surface area contributed by atoms with Crippen LogP contribution >= 0.6 is 0 Å². The van der Waals surface area contributed by atoms with Crippen molar-refractivity contribution < 1.29 is 19.4 Å². The van der Waals surface area contributed by atoms with E-state index in [4.69, 9.17) is 9.52 Å². The first kappa shape index (κ1) is 14.1. The summed E-state index contributed by atoms with van der Waals surface area (Å²) >= 11 is 0. The lowest BCUT2D eigenvalue weighted by molar-refractivity contribution is 0.0692. The molecule has 0 aliphatic heterocycles. The van der Waals surface area contributed by atoms with Crippen molar-refractivity contribution in [1.82, 2.24) is 5.32 Å². The number of hydrogen-bond donors (Lipinski definition) is 3. The van der Waals surface area contributed by atoms with E-state index >= 15 is 0 Å². The van der Waals surface area contributed by atoms with Crippen LogP contribution in [0.1, 0.15) is 48.2 Å². The predicted octanol–water partition coefficient (Wildman–Crippen LogP) is 2.01. The average molecular weight is 267 g/mol. The fourth-order valence-electron chi connectivity index (χ4n) is 2.80. The third-order valence-corrected chi connectivity index (χ3v) is 4.01. The van der Waals surface area contributed by atoms with Gasteiger partial charge in [-0.3, -0.25) is 0 Å². The molecule has 1 fully saturated rings. The van der Waals surface area contributed by atoms with Gasteiger partial charge in [-0.05, 0) is 18.9 Å². The zero-order chi connectivity index (χ0) is 13.7. The minimum atomic E-state index is -0.972. The zero-order valence-corrected chi connectivity index (χ0v) is 11.0. The Bertz CT molecular complexity index is 421. The maximum atomic E-state index is 10.9. The van der Waals surface area contributed by atoms with E-state index in [1.165, 1.54) is 18.8 Å². The molecule has 1 aliphatic carbocycles. The standard InChI is InChI=1S/C14H21NO4/c16-10-14(5-2-1-3-6-14)9-15-8-12-11(13(17)18)4-7-19-12/h4,7,15-16H,1-3,5-6,8-10H2,(H,17,18). The topological polar surface area (TPSA) is 82.7 Å². The van der Waals surface area contributed by atoms with Gasteiger partial charge in [-0.25, -0.2) is 4.79 Å². The molecule has 0 radical (unpaired) electrons. The van der Waals surface area contributed by atoms with Gasteiger partial charge in [0, 0.05) is 18.6 Å². The van der Waals surface area contributed by atoms with Crippen molar-refractivity contribution in [2.75, 3.05) is 13.2 Å². The van der Waals surface area contributed by atoms with Gasteiger partial charge in [-0.2, -0.15) is 0 Å². The van der Waals surface area contributed by atoms with Crippen LogP contribution in [0.4, 0.5) is 0 Å². The van der Waals surface area contributed by atoms with Crippen LogP contribution in [0.25, 0.3) is 0 Å². The summed E-state index contributed by atoms with van der Waals surface area (Å²) in [4.78, 5) is 10.9. The number of aliphatic hydroxyl groups excluding tert-OH is 1. The van der Waals surface area contributed by atoms with Gasteiger partial charge in [0.25, 0.3) is 0 Å².